The zero-order valence-corrected chi connectivity index (χ0v) is 19.5. The van der Waals surface area contributed by atoms with Crippen LogP contribution < -0.4 is 5.32 Å². The molecule has 34 heavy (non-hydrogen) atoms. The van der Waals surface area contributed by atoms with Crippen molar-refractivity contribution in [3.8, 4) is 22.5 Å². The molecule has 0 spiro atoms. The molecule has 2 aromatic heterocycles. The molecule has 0 fully saturated rings. The van der Waals surface area contributed by atoms with Crippen LogP contribution in [0.5, 0.6) is 0 Å². The van der Waals surface area contributed by atoms with E-state index in [2.05, 4.69) is 22.4 Å². The van der Waals surface area contributed by atoms with Crippen LogP contribution in [0.2, 0.25) is 0 Å². The van der Waals surface area contributed by atoms with Gasteiger partial charge < -0.3 is 0 Å². The molecule has 1 amide bonds. The van der Waals surface area contributed by atoms with Crippen molar-refractivity contribution in [2.45, 2.75) is 26.2 Å². The number of amides is 1. The van der Waals surface area contributed by atoms with Crippen molar-refractivity contribution in [3.63, 3.8) is 0 Å². The molecule has 2 heterocycles. The lowest BCUT2D eigenvalue weighted by atomic mass is 10.0. The average Bonchev–Trinajstić information content (AvgIpc) is 3.34. The fraction of sp³-hybridized carbons (Fsp3) is 0.148. The van der Waals surface area contributed by atoms with Crippen LogP contribution in [0.4, 0.5) is 5.13 Å². The van der Waals surface area contributed by atoms with Crippen molar-refractivity contribution < 1.29 is 4.79 Å². The Morgan fingerprint density at radius 3 is 2.12 bits per heavy atom. The maximum Gasteiger partial charge on any atom is 0.257 e. The number of nitrogens with zero attached hydrogens (tertiary/aromatic N) is 4. The van der Waals surface area contributed by atoms with Crippen molar-refractivity contribution in [2.24, 2.45) is 0 Å². The zero-order valence-electron chi connectivity index (χ0n) is 18.7. The first-order valence-corrected chi connectivity index (χ1v) is 12.1. The molecule has 168 valence electrons. The molecule has 0 unspecified atom stereocenters. The van der Waals surface area contributed by atoms with Crippen LogP contribution in [0.15, 0.2) is 78.9 Å². The monoisotopic (exact) mass is 465 g/mol. The molecule has 0 aliphatic carbocycles. The van der Waals surface area contributed by atoms with Crippen molar-refractivity contribution >= 4 is 33.4 Å². The van der Waals surface area contributed by atoms with Gasteiger partial charge in [-0.15, -0.1) is 10.2 Å². The van der Waals surface area contributed by atoms with Gasteiger partial charge in [0, 0.05) is 23.1 Å². The van der Waals surface area contributed by atoms with E-state index in [9.17, 15) is 4.79 Å². The summed E-state index contributed by atoms with van der Waals surface area (Å²) in [5.74, 6) is -0.240. The highest BCUT2D eigenvalue weighted by molar-refractivity contribution is 7.15. The van der Waals surface area contributed by atoms with E-state index >= 15 is 0 Å². The minimum absolute atomic E-state index is 0.240. The van der Waals surface area contributed by atoms with Gasteiger partial charge in [0.15, 0.2) is 0 Å². The molecule has 0 aliphatic heterocycles. The van der Waals surface area contributed by atoms with Gasteiger partial charge in [0.1, 0.15) is 5.01 Å². The highest BCUT2D eigenvalue weighted by Crippen LogP contribution is 2.31. The standard InChI is InChI=1S/C27H23N5OS/c1-2-3-14-23-31-32-27(34-23)30-26(33)20-15-16-21-22(17-20)29-25(19-12-8-5-9-13-19)24(28-21)18-10-6-4-7-11-18/h4-13,15-17H,2-3,14H2,1H3,(H,30,32,33). The summed E-state index contributed by atoms with van der Waals surface area (Å²) in [6.45, 7) is 2.14. The molecule has 0 radical (unpaired) electrons. The third-order valence-electron chi connectivity index (χ3n) is 5.45. The second-order valence-corrected chi connectivity index (χ2v) is 8.98. The summed E-state index contributed by atoms with van der Waals surface area (Å²) < 4.78 is 0. The molecule has 0 bridgehead atoms. The smallest absolute Gasteiger partial charge is 0.257 e. The molecule has 6 nitrogen and oxygen atoms in total. The highest BCUT2D eigenvalue weighted by atomic mass is 32.1. The molecule has 5 rings (SSSR count). The lowest BCUT2D eigenvalue weighted by molar-refractivity contribution is 0.102. The van der Waals surface area contributed by atoms with Crippen molar-refractivity contribution in [2.75, 3.05) is 5.32 Å². The Hall–Kier alpha value is -3.97. The van der Waals surface area contributed by atoms with Gasteiger partial charge in [-0.3, -0.25) is 10.1 Å². The number of nitrogens with one attached hydrogen (secondary N) is 1. The predicted octanol–water partition coefficient (Wildman–Crippen LogP) is 6.41. The van der Waals surface area contributed by atoms with E-state index in [1.165, 1.54) is 11.3 Å². The molecule has 0 saturated carbocycles. The summed E-state index contributed by atoms with van der Waals surface area (Å²) in [6.07, 6.45) is 3.03. The summed E-state index contributed by atoms with van der Waals surface area (Å²) in [5, 5.41) is 12.6. The summed E-state index contributed by atoms with van der Waals surface area (Å²) >= 11 is 1.42. The topological polar surface area (TPSA) is 80.7 Å². The van der Waals surface area contributed by atoms with Gasteiger partial charge in [-0.25, -0.2) is 9.97 Å². The number of aryl methyl sites for hydroxylation is 1. The maximum absolute atomic E-state index is 12.9. The van der Waals surface area contributed by atoms with Gasteiger partial charge in [-0.05, 0) is 24.6 Å². The van der Waals surface area contributed by atoms with Crippen molar-refractivity contribution in [1.82, 2.24) is 20.2 Å². The lowest BCUT2D eigenvalue weighted by Gasteiger charge is -2.11. The molecule has 7 heteroatoms. The zero-order chi connectivity index (χ0) is 23.3. The van der Waals surface area contributed by atoms with Crippen LogP contribution in [0, 0.1) is 0 Å². The van der Waals surface area contributed by atoms with Crippen LogP contribution in [-0.2, 0) is 6.42 Å². The van der Waals surface area contributed by atoms with Crippen LogP contribution >= 0.6 is 11.3 Å². The second kappa shape index (κ2) is 9.89. The van der Waals surface area contributed by atoms with E-state index in [4.69, 9.17) is 9.97 Å². The van der Waals surface area contributed by atoms with Crippen LogP contribution in [0.25, 0.3) is 33.5 Å². The first-order valence-electron chi connectivity index (χ1n) is 11.3. The molecule has 0 saturated heterocycles. The van der Waals surface area contributed by atoms with E-state index in [0.29, 0.717) is 16.2 Å². The molecule has 0 aliphatic rings. The first kappa shape index (κ1) is 21.9. The van der Waals surface area contributed by atoms with Gasteiger partial charge in [-0.2, -0.15) is 0 Å². The van der Waals surface area contributed by atoms with Gasteiger partial charge in [0.2, 0.25) is 5.13 Å². The molecular weight excluding hydrogens is 442 g/mol. The average molecular weight is 466 g/mol. The van der Waals surface area contributed by atoms with Crippen LogP contribution in [0.3, 0.4) is 0 Å². The van der Waals surface area contributed by atoms with E-state index < -0.39 is 0 Å². The minimum Gasteiger partial charge on any atom is -0.296 e. The summed E-state index contributed by atoms with van der Waals surface area (Å²) in [4.78, 5) is 22.8. The number of benzene rings is 3. The lowest BCUT2D eigenvalue weighted by Crippen LogP contribution is -2.11. The Kier molecular flexibility index (Phi) is 6.35. The SMILES string of the molecule is CCCCc1nnc(NC(=O)c2ccc3nc(-c4ccccc4)c(-c4ccccc4)nc3c2)s1. The van der Waals surface area contributed by atoms with Gasteiger partial charge >= 0.3 is 0 Å². The van der Waals surface area contributed by atoms with E-state index in [0.717, 1.165) is 52.3 Å². The van der Waals surface area contributed by atoms with Gasteiger partial charge in [0.05, 0.1) is 22.4 Å². The fourth-order valence-electron chi connectivity index (χ4n) is 3.69. The number of carbonyl (C=O) groups excluding carboxylic acids is 1. The largest absolute Gasteiger partial charge is 0.296 e. The first-order chi connectivity index (χ1) is 16.7. The summed E-state index contributed by atoms with van der Waals surface area (Å²) in [5.41, 5.74) is 5.44. The Morgan fingerprint density at radius 2 is 1.47 bits per heavy atom. The van der Waals surface area contributed by atoms with E-state index in [1.54, 1.807) is 12.1 Å². The number of fused-ring (bicyclic) bond motifs is 1. The minimum atomic E-state index is -0.240. The van der Waals surface area contributed by atoms with Crippen molar-refractivity contribution in [1.29, 1.82) is 0 Å². The molecule has 5 aromatic rings. The Bertz CT molecular complexity index is 1430. The van der Waals surface area contributed by atoms with Crippen LogP contribution in [-0.4, -0.2) is 26.1 Å². The maximum atomic E-state index is 12.9. The Morgan fingerprint density at radius 1 is 0.824 bits per heavy atom. The molecule has 1 N–H and O–H groups in total. The van der Waals surface area contributed by atoms with Gasteiger partial charge in [0.25, 0.3) is 5.91 Å². The second-order valence-electron chi connectivity index (χ2n) is 7.91. The normalized spacial score (nSPS) is 11.0. The van der Waals surface area contributed by atoms with Gasteiger partial charge in [-0.1, -0.05) is 85.3 Å². The Balaban J connectivity index is 1.50. The number of aromatic nitrogens is 4. The number of hydrogen-bond acceptors (Lipinski definition) is 6. The summed E-state index contributed by atoms with van der Waals surface area (Å²) in [7, 11) is 0. The Labute approximate surface area is 201 Å². The molecule has 0 atom stereocenters. The highest BCUT2D eigenvalue weighted by Gasteiger charge is 2.15. The third-order valence-corrected chi connectivity index (χ3v) is 6.35. The quantitative estimate of drug-likeness (QED) is 0.300. The fourth-order valence-corrected chi connectivity index (χ4v) is 4.47. The molecule has 3 aromatic carbocycles. The molecular formula is C27H23N5OS. The van der Waals surface area contributed by atoms with E-state index in [1.807, 2.05) is 66.7 Å². The predicted molar refractivity (Wildman–Crippen MR) is 137 cm³/mol. The number of carbonyl (C=O) groups is 1. The number of hydrogen-bond donors (Lipinski definition) is 1. The van der Waals surface area contributed by atoms with Crippen LogP contribution in [0.1, 0.15) is 35.1 Å². The van der Waals surface area contributed by atoms with E-state index in [-0.39, 0.29) is 5.91 Å². The summed E-state index contributed by atoms with van der Waals surface area (Å²) in [6, 6.07) is 25.4. The third kappa shape index (κ3) is 4.70. The number of rotatable bonds is 7. The van der Waals surface area contributed by atoms with Crippen molar-refractivity contribution in [3.05, 3.63) is 89.4 Å². The number of unbranched alkanes of at least 4 members (excludes halogenated alkanes) is 1. The number of anilines is 1.